The maximum atomic E-state index is 12.6. The van der Waals surface area contributed by atoms with Crippen molar-refractivity contribution in [2.45, 2.75) is 20.5 Å². The highest BCUT2D eigenvalue weighted by atomic mass is 16.7. The highest BCUT2D eigenvalue weighted by Gasteiger charge is 2.32. The topological polar surface area (TPSA) is 54.0 Å². The third kappa shape index (κ3) is 2.21. The van der Waals surface area contributed by atoms with E-state index in [-0.39, 0.29) is 19.4 Å². The Balaban J connectivity index is 1.92. The van der Waals surface area contributed by atoms with Crippen molar-refractivity contribution in [3.63, 3.8) is 0 Å². The summed E-state index contributed by atoms with van der Waals surface area (Å²) in [6.45, 7) is 4.57. The number of ether oxygens (including phenoxy) is 4. The minimum absolute atomic E-state index is 0.209. The van der Waals surface area contributed by atoms with Gasteiger partial charge in [0.05, 0.1) is 12.7 Å². The van der Waals surface area contributed by atoms with E-state index in [0.29, 0.717) is 22.8 Å². The molecular weight excluding hydrogens is 344 g/mol. The molecular formula is C22H18O5. The van der Waals surface area contributed by atoms with Crippen molar-refractivity contribution >= 4 is 16.7 Å². The van der Waals surface area contributed by atoms with E-state index in [1.807, 2.05) is 18.2 Å². The van der Waals surface area contributed by atoms with E-state index < -0.39 is 0 Å². The number of hydrogen-bond acceptors (Lipinski definition) is 5. The summed E-state index contributed by atoms with van der Waals surface area (Å²) in [5.74, 6) is 1.78. The van der Waals surface area contributed by atoms with Gasteiger partial charge in [-0.05, 0) is 54.1 Å². The van der Waals surface area contributed by atoms with Crippen LogP contribution in [0.3, 0.4) is 0 Å². The molecule has 0 aliphatic carbocycles. The minimum Gasteiger partial charge on any atom is -0.496 e. The molecule has 0 saturated heterocycles. The van der Waals surface area contributed by atoms with Gasteiger partial charge >= 0.3 is 5.97 Å². The summed E-state index contributed by atoms with van der Waals surface area (Å²) in [4.78, 5) is 12.6. The highest BCUT2D eigenvalue weighted by Crippen LogP contribution is 2.47. The Labute approximate surface area is 156 Å². The van der Waals surface area contributed by atoms with Crippen molar-refractivity contribution in [3.8, 4) is 28.4 Å². The first-order valence-electron chi connectivity index (χ1n) is 8.79. The number of rotatable bonds is 2. The van der Waals surface area contributed by atoms with Gasteiger partial charge in [-0.1, -0.05) is 12.1 Å². The number of methoxy groups -OCH3 is 1. The fraction of sp³-hybridized carbons (Fsp3) is 0.227. The Bertz CT molecular complexity index is 1130. The molecule has 3 aromatic carbocycles. The highest BCUT2D eigenvalue weighted by molar-refractivity contribution is 6.13. The number of aryl methyl sites for hydroxylation is 2. The molecule has 0 saturated carbocycles. The lowest BCUT2D eigenvalue weighted by molar-refractivity contribution is 0.0535. The third-order valence-corrected chi connectivity index (χ3v) is 5.39. The van der Waals surface area contributed by atoms with Crippen LogP contribution in [0, 0.1) is 13.8 Å². The third-order valence-electron chi connectivity index (χ3n) is 5.39. The largest absolute Gasteiger partial charge is 0.496 e. The monoisotopic (exact) mass is 362 g/mol. The fourth-order valence-corrected chi connectivity index (χ4v) is 3.93. The Hall–Kier alpha value is -3.21. The molecule has 2 aliphatic rings. The molecule has 0 amide bonds. The van der Waals surface area contributed by atoms with E-state index in [0.717, 1.165) is 33.0 Å². The van der Waals surface area contributed by atoms with Crippen molar-refractivity contribution in [2.75, 3.05) is 13.9 Å². The first-order valence-corrected chi connectivity index (χ1v) is 8.79. The van der Waals surface area contributed by atoms with E-state index in [9.17, 15) is 4.79 Å². The lowest BCUT2D eigenvalue weighted by atomic mass is 9.88. The number of carbonyl (C=O) groups is 1. The van der Waals surface area contributed by atoms with Crippen LogP contribution in [0.4, 0.5) is 0 Å². The summed E-state index contributed by atoms with van der Waals surface area (Å²) in [5.41, 5.74) is 5.43. The molecule has 5 nitrogen and oxygen atoms in total. The van der Waals surface area contributed by atoms with Crippen LogP contribution < -0.4 is 14.2 Å². The van der Waals surface area contributed by atoms with Crippen LogP contribution in [0.15, 0.2) is 30.3 Å². The van der Waals surface area contributed by atoms with Gasteiger partial charge in [-0.25, -0.2) is 4.79 Å². The van der Waals surface area contributed by atoms with Crippen LogP contribution in [-0.4, -0.2) is 19.9 Å². The predicted molar refractivity (Wildman–Crippen MR) is 101 cm³/mol. The van der Waals surface area contributed by atoms with Gasteiger partial charge < -0.3 is 18.9 Å². The average Bonchev–Trinajstić information content (AvgIpc) is 3.27. The lowest BCUT2D eigenvalue weighted by Gasteiger charge is -2.17. The second kappa shape index (κ2) is 5.64. The zero-order chi connectivity index (χ0) is 18.7. The standard InChI is InChI=1S/C22H18O5/c1-11-6-14-15(7-12(11)2)21(24-3)16-9-25-22(23)20(16)19(14)13-4-5-17-18(8-13)27-10-26-17/h4-8H,9-10H2,1-3H3. The Morgan fingerprint density at radius 3 is 2.41 bits per heavy atom. The number of esters is 1. The number of benzene rings is 3. The molecule has 2 aliphatic heterocycles. The number of cyclic esters (lactones) is 1. The van der Waals surface area contributed by atoms with Gasteiger partial charge in [-0.15, -0.1) is 0 Å². The summed E-state index contributed by atoms with van der Waals surface area (Å²) in [6, 6.07) is 9.98. The quantitative estimate of drug-likeness (QED) is 0.627. The Kier molecular flexibility index (Phi) is 3.34. The van der Waals surface area contributed by atoms with E-state index in [4.69, 9.17) is 18.9 Å². The van der Waals surface area contributed by atoms with Gasteiger partial charge in [-0.3, -0.25) is 0 Å². The normalized spacial score (nSPS) is 14.4. The molecule has 0 unspecified atom stereocenters. The van der Waals surface area contributed by atoms with Gasteiger partial charge in [0.25, 0.3) is 0 Å². The van der Waals surface area contributed by atoms with E-state index in [1.54, 1.807) is 7.11 Å². The van der Waals surface area contributed by atoms with Crippen LogP contribution in [0.5, 0.6) is 17.2 Å². The average molecular weight is 362 g/mol. The Morgan fingerprint density at radius 1 is 0.889 bits per heavy atom. The summed E-state index contributed by atoms with van der Waals surface area (Å²) >= 11 is 0. The summed E-state index contributed by atoms with van der Waals surface area (Å²) < 4.78 is 22.1. The number of fused-ring (bicyclic) bond motifs is 3. The van der Waals surface area contributed by atoms with E-state index >= 15 is 0 Å². The lowest BCUT2D eigenvalue weighted by Crippen LogP contribution is -2.02. The van der Waals surface area contributed by atoms with Gasteiger partial charge in [0.15, 0.2) is 11.5 Å². The molecule has 0 aromatic heterocycles. The van der Waals surface area contributed by atoms with Gasteiger partial charge in [0.2, 0.25) is 6.79 Å². The zero-order valence-corrected chi connectivity index (χ0v) is 15.3. The van der Waals surface area contributed by atoms with Crippen LogP contribution in [-0.2, 0) is 11.3 Å². The molecule has 0 bridgehead atoms. The Morgan fingerprint density at radius 2 is 1.63 bits per heavy atom. The maximum Gasteiger partial charge on any atom is 0.339 e. The predicted octanol–water partition coefficient (Wildman–Crippen LogP) is 4.53. The van der Waals surface area contributed by atoms with Crippen LogP contribution in [0.1, 0.15) is 27.0 Å². The van der Waals surface area contributed by atoms with E-state index in [2.05, 4.69) is 26.0 Å². The number of hydrogen-bond donors (Lipinski definition) is 0. The SMILES string of the molecule is COc1c2c(c(-c3ccc4c(c3)OCO4)c3cc(C)c(C)cc13)C(=O)OC2. The second-order valence-electron chi connectivity index (χ2n) is 6.89. The smallest absolute Gasteiger partial charge is 0.339 e. The van der Waals surface area contributed by atoms with Crippen molar-refractivity contribution in [1.29, 1.82) is 0 Å². The van der Waals surface area contributed by atoms with Crippen molar-refractivity contribution in [3.05, 3.63) is 52.6 Å². The fourth-order valence-electron chi connectivity index (χ4n) is 3.93. The van der Waals surface area contributed by atoms with Crippen LogP contribution in [0.2, 0.25) is 0 Å². The molecule has 136 valence electrons. The first kappa shape index (κ1) is 16.0. The van der Waals surface area contributed by atoms with Crippen molar-refractivity contribution in [1.82, 2.24) is 0 Å². The van der Waals surface area contributed by atoms with Crippen LogP contribution in [0.25, 0.3) is 21.9 Å². The molecule has 0 fully saturated rings. The van der Waals surface area contributed by atoms with Crippen molar-refractivity contribution < 1.29 is 23.7 Å². The number of carbonyl (C=O) groups excluding carboxylic acids is 1. The van der Waals surface area contributed by atoms with Crippen molar-refractivity contribution in [2.24, 2.45) is 0 Å². The minimum atomic E-state index is -0.323. The zero-order valence-electron chi connectivity index (χ0n) is 15.3. The first-order chi connectivity index (χ1) is 13.1. The summed E-state index contributed by atoms with van der Waals surface area (Å²) in [7, 11) is 1.63. The van der Waals surface area contributed by atoms with Gasteiger partial charge in [-0.2, -0.15) is 0 Å². The molecule has 2 heterocycles. The molecule has 0 atom stereocenters. The summed E-state index contributed by atoms with van der Waals surface area (Å²) in [6.07, 6.45) is 0. The van der Waals surface area contributed by atoms with Crippen LogP contribution >= 0.6 is 0 Å². The maximum absolute atomic E-state index is 12.6. The molecule has 0 N–H and O–H groups in total. The second-order valence-corrected chi connectivity index (χ2v) is 6.89. The van der Waals surface area contributed by atoms with Gasteiger partial charge in [0.1, 0.15) is 12.4 Å². The molecule has 0 radical (unpaired) electrons. The molecule has 27 heavy (non-hydrogen) atoms. The molecule has 5 rings (SSSR count). The molecule has 0 spiro atoms. The van der Waals surface area contributed by atoms with E-state index in [1.165, 1.54) is 5.56 Å². The summed E-state index contributed by atoms with van der Waals surface area (Å²) in [5, 5.41) is 1.94. The van der Waals surface area contributed by atoms with Gasteiger partial charge in [0, 0.05) is 16.5 Å². The molecule has 5 heteroatoms. The molecule has 3 aromatic rings.